The number of halogens is 2. The quantitative estimate of drug-likeness (QED) is 0.169. The second kappa shape index (κ2) is 10.4. The molecule has 1 aliphatic heterocycles. The molecule has 192 valence electrons. The third-order valence-electron chi connectivity index (χ3n) is 8.38. The summed E-state index contributed by atoms with van der Waals surface area (Å²) in [5.41, 5.74) is 13.6. The van der Waals surface area contributed by atoms with E-state index >= 15 is 0 Å². The predicted molar refractivity (Wildman–Crippen MR) is 167 cm³/mol. The SMILES string of the molecule is CCCC1=Cc2c(ccc(CC)c2-c2cc(C)cc(C)c2)[CH]1[Zr]([Cl])([Cl])[c]1cccc2c1[SiH2]c1ccccc1-2. The molecule has 0 spiro atoms. The molecule has 6 rings (SSSR count). The van der Waals surface area contributed by atoms with Crippen LogP contribution in [0.1, 0.15) is 58.1 Å². The Hall–Kier alpha value is -1.70. The van der Waals surface area contributed by atoms with E-state index in [1.54, 1.807) is 0 Å². The van der Waals surface area contributed by atoms with Gasteiger partial charge in [0.25, 0.3) is 0 Å². The van der Waals surface area contributed by atoms with Crippen molar-refractivity contribution in [2.75, 3.05) is 0 Å². The summed E-state index contributed by atoms with van der Waals surface area (Å²) in [4.78, 5) is 0. The van der Waals surface area contributed by atoms with Crippen LogP contribution in [0.15, 0.2) is 78.4 Å². The van der Waals surface area contributed by atoms with Crippen LogP contribution in [0.5, 0.6) is 0 Å². The van der Waals surface area contributed by atoms with Gasteiger partial charge in [0.2, 0.25) is 0 Å². The fraction of sp³-hybridized carbons (Fsp3) is 0.235. The van der Waals surface area contributed by atoms with Gasteiger partial charge in [0, 0.05) is 0 Å². The fourth-order valence-corrected chi connectivity index (χ4v) is 23.7. The Bertz CT molecular complexity index is 1580. The maximum absolute atomic E-state index is 7.83. The van der Waals surface area contributed by atoms with Gasteiger partial charge in [-0.25, -0.2) is 0 Å². The second-order valence-corrected chi connectivity index (χ2v) is 26.9. The monoisotopic (exact) mass is 630 g/mol. The van der Waals surface area contributed by atoms with Gasteiger partial charge in [-0.1, -0.05) is 0 Å². The normalized spacial score (nSPS) is 16.4. The molecule has 4 aromatic carbocycles. The van der Waals surface area contributed by atoms with Crippen LogP contribution < -0.4 is 13.6 Å². The molecule has 1 atom stereocenters. The Balaban J connectivity index is 1.54. The van der Waals surface area contributed by atoms with Crippen molar-refractivity contribution in [3.63, 3.8) is 0 Å². The summed E-state index contributed by atoms with van der Waals surface area (Å²) in [6, 6.07) is 27.3. The van der Waals surface area contributed by atoms with Gasteiger partial charge in [-0.3, -0.25) is 0 Å². The van der Waals surface area contributed by atoms with E-state index in [4.69, 9.17) is 17.0 Å². The first kappa shape index (κ1) is 26.5. The van der Waals surface area contributed by atoms with E-state index in [2.05, 4.69) is 107 Å². The van der Waals surface area contributed by atoms with Crippen LogP contribution >= 0.6 is 17.0 Å². The van der Waals surface area contributed by atoms with Gasteiger partial charge in [0.15, 0.2) is 0 Å². The number of fused-ring (bicyclic) bond motifs is 4. The van der Waals surface area contributed by atoms with Crippen LogP contribution in [0.2, 0.25) is 0 Å². The van der Waals surface area contributed by atoms with Crippen molar-refractivity contribution in [3.8, 4) is 22.3 Å². The predicted octanol–water partition coefficient (Wildman–Crippen LogP) is 7.66. The van der Waals surface area contributed by atoms with E-state index in [0.717, 1.165) is 19.3 Å². The Kier molecular flexibility index (Phi) is 7.23. The standard InChI is InChI=1S/C22H25.C12H9Si.2ClH.Zr/c1-5-7-17-13-19-9-8-18(6-2)22(21(19)14-17)20-11-15(3)10-16(4)12-20;1-3-7-11-9(5-1)10-6-2-4-8-12(10)13-11;;;/h8-14H,5-7H2,1-4H3;1-7H,13H2;2*1H;/q;;;;+2/p-2. The summed E-state index contributed by atoms with van der Waals surface area (Å²) in [6.45, 7) is 8.93. The molecule has 2 aliphatic rings. The van der Waals surface area contributed by atoms with Crippen molar-refractivity contribution >= 4 is 46.3 Å². The van der Waals surface area contributed by atoms with Crippen LogP contribution in [0.4, 0.5) is 0 Å². The summed E-state index contributed by atoms with van der Waals surface area (Å²) in [5, 5.41) is 3.02. The molecule has 0 amide bonds. The first-order valence-electron chi connectivity index (χ1n) is 13.9. The Morgan fingerprint density at radius 1 is 0.842 bits per heavy atom. The zero-order chi connectivity index (χ0) is 26.6. The molecule has 0 fully saturated rings. The summed E-state index contributed by atoms with van der Waals surface area (Å²) in [7, 11) is 15.1. The minimum atomic E-state index is -3.94. The van der Waals surface area contributed by atoms with E-state index in [1.165, 1.54) is 69.3 Å². The van der Waals surface area contributed by atoms with Gasteiger partial charge in [0.05, 0.1) is 0 Å². The van der Waals surface area contributed by atoms with Crippen molar-refractivity contribution in [2.45, 2.75) is 50.6 Å². The van der Waals surface area contributed by atoms with E-state index in [9.17, 15) is 0 Å². The molecule has 38 heavy (non-hydrogen) atoms. The molecule has 0 N–H and O–H groups in total. The number of hydrogen-bond acceptors (Lipinski definition) is 0. The number of benzene rings is 4. The number of allylic oxidation sites excluding steroid dienone is 1. The summed E-state index contributed by atoms with van der Waals surface area (Å²) in [6.07, 6.45) is 5.61. The van der Waals surface area contributed by atoms with Gasteiger partial charge in [-0.2, -0.15) is 0 Å². The van der Waals surface area contributed by atoms with Gasteiger partial charge in [0.1, 0.15) is 0 Å². The second-order valence-electron chi connectivity index (χ2n) is 11.0. The first-order valence-corrected chi connectivity index (χ1v) is 24.3. The number of hydrogen-bond donors (Lipinski definition) is 0. The third-order valence-corrected chi connectivity index (χ3v) is 22.7. The molecule has 4 aromatic rings. The van der Waals surface area contributed by atoms with E-state index in [0.29, 0.717) is 0 Å². The fourth-order valence-electron chi connectivity index (χ4n) is 6.87. The average molecular weight is 633 g/mol. The van der Waals surface area contributed by atoms with Crippen molar-refractivity contribution < 1.29 is 17.9 Å². The van der Waals surface area contributed by atoms with E-state index in [1.807, 2.05) is 0 Å². The van der Waals surface area contributed by atoms with E-state index in [-0.39, 0.29) is 3.63 Å². The number of rotatable bonds is 6. The molecular weight excluding hydrogens is 599 g/mol. The van der Waals surface area contributed by atoms with Crippen LogP contribution in [0.25, 0.3) is 28.3 Å². The van der Waals surface area contributed by atoms with Gasteiger partial charge in [-0.05, 0) is 0 Å². The minimum absolute atomic E-state index is 0.141. The van der Waals surface area contributed by atoms with Crippen molar-refractivity contribution in [3.05, 3.63) is 106 Å². The molecule has 0 radical (unpaired) electrons. The molecular formula is C34H34Cl2SiZr. The number of aryl methyl sites for hydroxylation is 3. The average Bonchev–Trinajstić information content (AvgIpc) is 3.46. The summed E-state index contributed by atoms with van der Waals surface area (Å²) < 4.78 is 1.46. The summed E-state index contributed by atoms with van der Waals surface area (Å²) >= 11 is -3.94. The zero-order valence-corrected chi connectivity index (χ0v) is 28.1. The molecule has 0 bridgehead atoms. The van der Waals surface area contributed by atoms with Crippen LogP contribution in [0, 0.1) is 13.8 Å². The molecule has 0 nitrogen and oxygen atoms in total. The molecule has 0 saturated heterocycles. The molecule has 1 heterocycles. The topological polar surface area (TPSA) is 0 Å². The van der Waals surface area contributed by atoms with Crippen LogP contribution in [0.3, 0.4) is 0 Å². The molecule has 1 unspecified atom stereocenters. The third kappa shape index (κ3) is 4.37. The molecule has 1 aliphatic carbocycles. The van der Waals surface area contributed by atoms with Crippen LogP contribution in [-0.4, -0.2) is 9.52 Å². The van der Waals surface area contributed by atoms with Crippen LogP contribution in [-0.2, 0) is 24.3 Å². The van der Waals surface area contributed by atoms with E-state index < -0.39 is 27.4 Å². The van der Waals surface area contributed by atoms with Gasteiger partial charge >= 0.3 is 243 Å². The Morgan fingerprint density at radius 3 is 2.32 bits per heavy atom. The first-order chi connectivity index (χ1) is 18.3. The Morgan fingerprint density at radius 2 is 1.58 bits per heavy atom. The van der Waals surface area contributed by atoms with Crippen molar-refractivity contribution in [1.29, 1.82) is 0 Å². The van der Waals surface area contributed by atoms with Crippen molar-refractivity contribution in [1.82, 2.24) is 0 Å². The maximum atomic E-state index is 7.83. The molecule has 4 heteroatoms. The Labute approximate surface area is 241 Å². The van der Waals surface area contributed by atoms with Gasteiger partial charge in [-0.15, -0.1) is 0 Å². The zero-order valence-electron chi connectivity index (χ0n) is 22.7. The van der Waals surface area contributed by atoms with Crippen molar-refractivity contribution in [2.24, 2.45) is 0 Å². The van der Waals surface area contributed by atoms with Gasteiger partial charge < -0.3 is 0 Å². The molecule has 0 saturated carbocycles. The molecule has 0 aromatic heterocycles. The summed E-state index contributed by atoms with van der Waals surface area (Å²) in [5.74, 6) is 0.